The van der Waals surface area contributed by atoms with Crippen LogP contribution in [-0.2, 0) is 11.8 Å². The van der Waals surface area contributed by atoms with E-state index < -0.39 is 0 Å². The second-order valence-electron chi connectivity index (χ2n) is 5.18. The number of nitrogens with zero attached hydrogens (tertiary/aromatic N) is 4. The standard InChI is InChI=1S/C13H17N5OS/c1-6-8-5-9(20-12(8)18(4)16-6)10-7(2)15-13(14)17(3)11(10)19/h5,7,10H,1-4H3,(H2,14,15)/t7-,10?/m0/s1. The van der Waals surface area contributed by atoms with Crippen LogP contribution in [0.2, 0.25) is 0 Å². The van der Waals surface area contributed by atoms with Crippen LogP contribution in [0.15, 0.2) is 11.1 Å². The zero-order chi connectivity index (χ0) is 14.6. The number of rotatable bonds is 1. The average molecular weight is 291 g/mol. The Balaban J connectivity index is 2.10. The second kappa shape index (κ2) is 4.31. The third-order valence-electron chi connectivity index (χ3n) is 3.78. The summed E-state index contributed by atoms with van der Waals surface area (Å²) >= 11 is 1.60. The molecule has 2 atom stereocenters. The molecule has 0 aromatic carbocycles. The van der Waals surface area contributed by atoms with Crippen molar-refractivity contribution >= 4 is 33.4 Å². The van der Waals surface area contributed by atoms with E-state index in [2.05, 4.69) is 16.2 Å². The third-order valence-corrected chi connectivity index (χ3v) is 5.07. The Morgan fingerprint density at radius 2 is 2.10 bits per heavy atom. The van der Waals surface area contributed by atoms with Crippen LogP contribution in [-0.4, -0.2) is 39.6 Å². The topological polar surface area (TPSA) is 76.5 Å². The van der Waals surface area contributed by atoms with Crippen LogP contribution >= 0.6 is 11.3 Å². The van der Waals surface area contributed by atoms with Gasteiger partial charge in [-0.15, -0.1) is 11.3 Å². The highest BCUT2D eigenvalue weighted by molar-refractivity contribution is 7.18. The Hall–Kier alpha value is -1.89. The third kappa shape index (κ3) is 1.73. The number of amides is 1. The van der Waals surface area contributed by atoms with Gasteiger partial charge in [0.05, 0.1) is 17.7 Å². The Bertz CT molecular complexity index is 694. The van der Waals surface area contributed by atoms with E-state index in [1.807, 2.05) is 25.6 Å². The molecule has 2 aromatic heterocycles. The van der Waals surface area contributed by atoms with Gasteiger partial charge in [-0.1, -0.05) is 0 Å². The van der Waals surface area contributed by atoms with E-state index in [1.165, 1.54) is 4.90 Å². The Labute approximate surface area is 120 Å². The number of aromatic nitrogens is 2. The first-order chi connectivity index (χ1) is 9.40. The number of aliphatic imine (C=N–C) groups is 1. The fourth-order valence-corrected chi connectivity index (χ4v) is 3.95. The van der Waals surface area contributed by atoms with Crippen LogP contribution in [0.4, 0.5) is 0 Å². The maximum Gasteiger partial charge on any atom is 0.239 e. The lowest BCUT2D eigenvalue weighted by molar-refractivity contribution is -0.129. The molecular weight excluding hydrogens is 274 g/mol. The minimum absolute atomic E-state index is 0.00201. The fraction of sp³-hybridized carbons (Fsp3) is 0.462. The first-order valence-corrected chi connectivity index (χ1v) is 7.25. The van der Waals surface area contributed by atoms with Gasteiger partial charge in [-0.25, -0.2) is 4.99 Å². The van der Waals surface area contributed by atoms with E-state index >= 15 is 0 Å². The smallest absolute Gasteiger partial charge is 0.239 e. The summed E-state index contributed by atoms with van der Waals surface area (Å²) in [5, 5.41) is 5.49. The number of carbonyl (C=O) groups is 1. The maximum atomic E-state index is 12.5. The monoisotopic (exact) mass is 291 g/mol. The largest absolute Gasteiger partial charge is 0.369 e. The Morgan fingerprint density at radius 3 is 2.75 bits per heavy atom. The van der Waals surface area contributed by atoms with Crippen LogP contribution < -0.4 is 5.73 Å². The molecule has 0 spiro atoms. The SMILES string of the molecule is Cc1nn(C)c2sc(C3C(=O)N(C)C(N)=N[C@H]3C)cc12. The molecule has 106 valence electrons. The molecule has 0 saturated carbocycles. The molecule has 0 fully saturated rings. The number of likely N-dealkylation sites (N-methyl/N-ethyl adjacent to an activating group) is 1. The van der Waals surface area contributed by atoms with Gasteiger partial charge in [0.1, 0.15) is 4.83 Å². The number of guanidine groups is 1. The summed E-state index contributed by atoms with van der Waals surface area (Å²) in [6.45, 7) is 3.91. The predicted octanol–water partition coefficient (Wildman–Crippen LogP) is 1.20. The second-order valence-corrected chi connectivity index (χ2v) is 6.24. The van der Waals surface area contributed by atoms with Crippen molar-refractivity contribution in [3.05, 3.63) is 16.6 Å². The van der Waals surface area contributed by atoms with Crippen molar-refractivity contribution in [2.45, 2.75) is 25.8 Å². The Kier molecular flexibility index (Phi) is 2.82. The van der Waals surface area contributed by atoms with Crippen LogP contribution in [0.1, 0.15) is 23.4 Å². The molecule has 1 aliphatic heterocycles. The zero-order valence-electron chi connectivity index (χ0n) is 11.9. The summed E-state index contributed by atoms with van der Waals surface area (Å²) in [6, 6.07) is 1.92. The minimum Gasteiger partial charge on any atom is -0.369 e. The molecule has 3 heterocycles. The highest BCUT2D eigenvalue weighted by Gasteiger charge is 2.36. The van der Waals surface area contributed by atoms with Crippen molar-refractivity contribution in [3.8, 4) is 0 Å². The van der Waals surface area contributed by atoms with Gasteiger partial charge in [-0.3, -0.25) is 14.4 Å². The van der Waals surface area contributed by atoms with Crippen molar-refractivity contribution in [1.82, 2.24) is 14.7 Å². The highest BCUT2D eigenvalue weighted by Crippen LogP contribution is 2.36. The minimum atomic E-state index is -0.260. The number of aryl methyl sites for hydroxylation is 2. The number of nitrogens with two attached hydrogens (primary N) is 1. The van der Waals surface area contributed by atoms with Gasteiger partial charge in [-0.2, -0.15) is 5.10 Å². The molecule has 0 bridgehead atoms. The van der Waals surface area contributed by atoms with Crippen LogP contribution in [0.3, 0.4) is 0 Å². The summed E-state index contributed by atoms with van der Waals surface area (Å²) in [7, 11) is 3.59. The maximum absolute atomic E-state index is 12.5. The number of carbonyl (C=O) groups excluding carboxylic acids is 1. The number of fused-ring (bicyclic) bond motifs is 1. The molecular formula is C13H17N5OS. The van der Waals surface area contributed by atoms with Gasteiger partial charge in [0.2, 0.25) is 5.91 Å². The van der Waals surface area contributed by atoms with E-state index in [4.69, 9.17) is 5.73 Å². The number of thiophene rings is 1. The van der Waals surface area contributed by atoms with Gasteiger partial charge in [0.15, 0.2) is 5.96 Å². The first kappa shape index (κ1) is 13.1. The number of hydrogen-bond donors (Lipinski definition) is 1. The van der Waals surface area contributed by atoms with E-state index in [0.29, 0.717) is 0 Å². The lowest BCUT2D eigenvalue weighted by atomic mass is 9.96. The van der Waals surface area contributed by atoms with E-state index in [0.717, 1.165) is 20.8 Å². The van der Waals surface area contributed by atoms with Crippen LogP contribution in [0, 0.1) is 6.92 Å². The van der Waals surface area contributed by atoms with Gasteiger partial charge < -0.3 is 5.73 Å². The van der Waals surface area contributed by atoms with Crippen LogP contribution in [0.25, 0.3) is 10.2 Å². The molecule has 0 radical (unpaired) electrons. The summed E-state index contributed by atoms with van der Waals surface area (Å²) < 4.78 is 1.86. The quantitative estimate of drug-likeness (QED) is 0.857. The Morgan fingerprint density at radius 1 is 1.40 bits per heavy atom. The fourth-order valence-electron chi connectivity index (χ4n) is 2.63. The molecule has 1 unspecified atom stereocenters. The summed E-state index contributed by atoms with van der Waals surface area (Å²) in [5.41, 5.74) is 6.73. The van der Waals surface area contributed by atoms with Crippen molar-refractivity contribution < 1.29 is 4.79 Å². The lowest BCUT2D eigenvalue weighted by Gasteiger charge is -2.30. The summed E-state index contributed by atoms with van der Waals surface area (Å²) in [5.74, 6) is 0.0315. The molecule has 2 N–H and O–H groups in total. The van der Waals surface area contributed by atoms with Gasteiger partial charge >= 0.3 is 0 Å². The van der Waals surface area contributed by atoms with E-state index in [1.54, 1.807) is 18.4 Å². The van der Waals surface area contributed by atoms with Crippen molar-refractivity contribution in [2.24, 2.45) is 17.8 Å². The molecule has 2 aromatic rings. The van der Waals surface area contributed by atoms with Gasteiger partial charge in [-0.05, 0) is 19.9 Å². The van der Waals surface area contributed by atoms with Crippen molar-refractivity contribution in [1.29, 1.82) is 0 Å². The van der Waals surface area contributed by atoms with Gasteiger partial charge in [0, 0.05) is 24.4 Å². The first-order valence-electron chi connectivity index (χ1n) is 6.44. The molecule has 1 amide bonds. The van der Waals surface area contributed by atoms with E-state index in [-0.39, 0.29) is 23.8 Å². The lowest BCUT2D eigenvalue weighted by Crippen LogP contribution is -2.48. The van der Waals surface area contributed by atoms with Crippen molar-refractivity contribution in [3.63, 3.8) is 0 Å². The molecule has 7 heteroatoms. The predicted molar refractivity (Wildman–Crippen MR) is 79.9 cm³/mol. The molecule has 0 aliphatic carbocycles. The average Bonchev–Trinajstić information content (AvgIpc) is 2.90. The molecule has 3 rings (SSSR count). The molecule has 0 saturated heterocycles. The molecule has 1 aliphatic rings. The molecule has 6 nitrogen and oxygen atoms in total. The van der Waals surface area contributed by atoms with Crippen LogP contribution in [0.5, 0.6) is 0 Å². The summed E-state index contributed by atoms with van der Waals surface area (Å²) in [4.78, 5) is 20.4. The number of hydrogen-bond acceptors (Lipinski definition) is 5. The summed E-state index contributed by atoms with van der Waals surface area (Å²) in [6.07, 6.45) is 0. The zero-order valence-corrected chi connectivity index (χ0v) is 12.7. The van der Waals surface area contributed by atoms with Gasteiger partial charge in [0.25, 0.3) is 0 Å². The van der Waals surface area contributed by atoms with Crippen molar-refractivity contribution in [2.75, 3.05) is 7.05 Å². The normalized spacial score (nSPS) is 23.5. The van der Waals surface area contributed by atoms with E-state index in [9.17, 15) is 4.79 Å². The highest BCUT2D eigenvalue weighted by atomic mass is 32.1. The molecule has 20 heavy (non-hydrogen) atoms.